The Morgan fingerprint density at radius 1 is 1.40 bits per heavy atom. The second kappa shape index (κ2) is 4.18. The normalized spacial score (nSPS) is 16.8. The molecular formula is C8H10AsN3O3. The summed E-state index contributed by atoms with van der Waals surface area (Å²) in [6.45, 7) is 1.79. The van der Waals surface area contributed by atoms with Crippen LogP contribution in [0.1, 0.15) is 0 Å². The van der Waals surface area contributed by atoms with Crippen LogP contribution in [0.25, 0.3) is 0 Å². The Labute approximate surface area is 91.2 Å². The van der Waals surface area contributed by atoms with Crippen molar-refractivity contribution in [2.24, 2.45) is 0 Å². The van der Waals surface area contributed by atoms with Gasteiger partial charge in [0.15, 0.2) is 0 Å². The molecule has 1 aliphatic heterocycles. The fraction of sp³-hybridized carbons (Fsp3) is 0.250. The van der Waals surface area contributed by atoms with Crippen LogP contribution in [-0.4, -0.2) is 38.2 Å². The van der Waals surface area contributed by atoms with Crippen LogP contribution >= 0.6 is 0 Å². The van der Waals surface area contributed by atoms with Crippen molar-refractivity contribution in [3.05, 3.63) is 28.3 Å². The van der Waals surface area contributed by atoms with Crippen molar-refractivity contribution in [1.82, 2.24) is 8.47 Å². The zero-order chi connectivity index (χ0) is 10.8. The molecule has 0 radical (unpaired) electrons. The summed E-state index contributed by atoms with van der Waals surface area (Å²) in [5.41, 5.74) is -0.225. The molecule has 0 unspecified atom stereocenters. The van der Waals surface area contributed by atoms with E-state index in [0.29, 0.717) is 0 Å². The zero-order valence-electron chi connectivity index (χ0n) is 7.80. The predicted molar refractivity (Wildman–Crippen MR) is 56.2 cm³/mol. The van der Waals surface area contributed by atoms with Crippen molar-refractivity contribution in [3.8, 4) is 5.75 Å². The minimum absolute atomic E-state index is 0.225. The third-order valence-corrected chi connectivity index (χ3v) is 6.01. The zero-order valence-corrected chi connectivity index (χ0v) is 9.68. The van der Waals surface area contributed by atoms with Gasteiger partial charge in [-0.3, -0.25) is 0 Å². The van der Waals surface area contributed by atoms with Gasteiger partial charge in [-0.25, -0.2) is 0 Å². The van der Waals surface area contributed by atoms with Gasteiger partial charge in [0.1, 0.15) is 0 Å². The molecule has 1 aromatic rings. The van der Waals surface area contributed by atoms with Crippen molar-refractivity contribution in [1.29, 1.82) is 0 Å². The van der Waals surface area contributed by atoms with Crippen molar-refractivity contribution in [2.45, 2.75) is 0 Å². The number of phenolic OH excluding ortho intramolecular Hbond substituents is 1. The molecule has 1 fully saturated rings. The molecule has 0 amide bonds. The predicted octanol–water partition coefficient (Wildman–Crippen LogP) is -0.812. The number of nitrogens with one attached hydrogen (secondary N) is 2. The summed E-state index contributed by atoms with van der Waals surface area (Å²) < 4.78 is 7.48. The molecule has 1 heterocycles. The molecule has 3 N–H and O–H groups in total. The van der Waals surface area contributed by atoms with Gasteiger partial charge in [0, 0.05) is 0 Å². The summed E-state index contributed by atoms with van der Waals surface area (Å²) in [5.74, 6) is -0.281. The quantitative estimate of drug-likeness (QED) is 0.372. The van der Waals surface area contributed by atoms with Gasteiger partial charge in [-0.05, 0) is 0 Å². The van der Waals surface area contributed by atoms with E-state index in [1.807, 2.05) is 0 Å². The Hall–Kier alpha value is -1.10. The molecule has 0 atom stereocenters. The first kappa shape index (κ1) is 10.4. The van der Waals surface area contributed by atoms with E-state index in [4.69, 9.17) is 0 Å². The Morgan fingerprint density at radius 2 is 2.07 bits per heavy atom. The molecule has 6 nitrogen and oxygen atoms in total. The molecule has 0 aliphatic carbocycles. The summed E-state index contributed by atoms with van der Waals surface area (Å²) >= 11 is -1.51. The molecule has 1 saturated heterocycles. The number of nitro groups is 1. The molecular weight excluding hydrogens is 261 g/mol. The van der Waals surface area contributed by atoms with E-state index in [9.17, 15) is 15.2 Å². The molecule has 7 heteroatoms. The van der Waals surface area contributed by atoms with E-state index in [0.717, 1.165) is 17.4 Å². The average Bonchev–Trinajstić information content (AvgIpc) is 2.71. The van der Waals surface area contributed by atoms with E-state index in [1.165, 1.54) is 12.1 Å². The standard InChI is InChI=1S/C8H10AsN3O3/c13-8-2-1-6(5-7(8)12(14)15)9-10-3-4-11-9/h1-2,5,10-11,13H,3-4H2. The molecule has 2 rings (SSSR count). The first-order chi connectivity index (χ1) is 7.18. The van der Waals surface area contributed by atoms with Crippen LogP contribution in [0.4, 0.5) is 5.69 Å². The van der Waals surface area contributed by atoms with Gasteiger partial charge >= 0.3 is 90.8 Å². The van der Waals surface area contributed by atoms with Crippen LogP contribution < -0.4 is 12.8 Å². The number of hydrogen-bond donors (Lipinski definition) is 3. The molecule has 1 aliphatic rings. The number of benzene rings is 1. The third kappa shape index (κ3) is 2.12. The molecule has 15 heavy (non-hydrogen) atoms. The first-order valence-electron chi connectivity index (χ1n) is 4.43. The topological polar surface area (TPSA) is 87.4 Å². The Morgan fingerprint density at radius 3 is 2.67 bits per heavy atom. The van der Waals surface area contributed by atoms with Gasteiger partial charge < -0.3 is 0 Å². The third-order valence-electron chi connectivity index (χ3n) is 2.08. The fourth-order valence-electron chi connectivity index (χ4n) is 1.37. The van der Waals surface area contributed by atoms with E-state index >= 15 is 0 Å². The molecule has 0 saturated carbocycles. The number of nitro benzene ring substituents is 1. The fourth-order valence-corrected chi connectivity index (χ4v) is 4.78. The summed E-state index contributed by atoms with van der Waals surface area (Å²) in [7, 11) is 0. The maximum atomic E-state index is 10.6. The second-order valence-corrected chi connectivity index (χ2v) is 6.90. The Balaban J connectivity index is 2.33. The van der Waals surface area contributed by atoms with Crippen LogP contribution in [-0.2, 0) is 0 Å². The molecule has 0 spiro atoms. The second-order valence-electron chi connectivity index (χ2n) is 3.08. The van der Waals surface area contributed by atoms with Crippen LogP contribution in [0.2, 0.25) is 0 Å². The SMILES string of the molecule is O=[N+]([O-])c1cc([As]2NCCN2)ccc1O. The monoisotopic (exact) mass is 271 g/mol. The maximum absolute atomic E-state index is 10.6. The van der Waals surface area contributed by atoms with Gasteiger partial charge in [-0.15, -0.1) is 0 Å². The Bertz CT molecular complexity index is 393. The summed E-state index contributed by atoms with van der Waals surface area (Å²) in [5, 5.41) is 19.9. The number of phenols is 1. The summed E-state index contributed by atoms with van der Waals surface area (Å²) in [6.07, 6.45) is 0. The number of nitrogens with zero attached hydrogens (tertiary/aromatic N) is 1. The van der Waals surface area contributed by atoms with Gasteiger partial charge in [-0.2, -0.15) is 0 Å². The molecule has 80 valence electrons. The number of hydrogen-bond acceptors (Lipinski definition) is 5. The first-order valence-corrected chi connectivity index (χ1v) is 7.24. The van der Waals surface area contributed by atoms with Crippen LogP contribution in [0.5, 0.6) is 5.75 Å². The molecule has 0 bridgehead atoms. The van der Waals surface area contributed by atoms with E-state index < -0.39 is 20.0 Å². The van der Waals surface area contributed by atoms with Crippen LogP contribution in [0.3, 0.4) is 0 Å². The molecule has 1 aromatic carbocycles. The number of rotatable bonds is 2. The van der Waals surface area contributed by atoms with Gasteiger partial charge in [0.25, 0.3) is 0 Å². The molecule has 0 aromatic heterocycles. The summed E-state index contributed by atoms with van der Waals surface area (Å²) in [6, 6.07) is 4.55. The van der Waals surface area contributed by atoms with E-state index in [-0.39, 0.29) is 11.4 Å². The average molecular weight is 271 g/mol. The minimum atomic E-state index is -1.51. The van der Waals surface area contributed by atoms with Crippen molar-refractivity contribution >= 4 is 25.1 Å². The van der Waals surface area contributed by atoms with Crippen molar-refractivity contribution in [2.75, 3.05) is 13.1 Å². The van der Waals surface area contributed by atoms with E-state index in [2.05, 4.69) is 8.47 Å². The van der Waals surface area contributed by atoms with Crippen LogP contribution in [0, 0.1) is 10.1 Å². The Kier molecular flexibility index (Phi) is 2.90. The van der Waals surface area contributed by atoms with Gasteiger partial charge in [-0.1, -0.05) is 0 Å². The number of aromatic hydroxyl groups is 1. The van der Waals surface area contributed by atoms with E-state index in [1.54, 1.807) is 6.07 Å². The van der Waals surface area contributed by atoms with Crippen molar-refractivity contribution < 1.29 is 10.0 Å². The van der Waals surface area contributed by atoms with Gasteiger partial charge in [0.2, 0.25) is 0 Å². The van der Waals surface area contributed by atoms with Crippen LogP contribution in [0.15, 0.2) is 18.2 Å². The van der Waals surface area contributed by atoms with Crippen molar-refractivity contribution in [3.63, 3.8) is 0 Å². The summed E-state index contributed by atoms with van der Waals surface area (Å²) in [4.78, 5) is 10.0. The van der Waals surface area contributed by atoms with Gasteiger partial charge in [0.05, 0.1) is 0 Å².